The molecule has 37 heavy (non-hydrogen) atoms. The Morgan fingerprint density at radius 1 is 1.05 bits per heavy atom. The summed E-state index contributed by atoms with van der Waals surface area (Å²) in [6, 6.07) is 9.47. The number of furan rings is 1. The van der Waals surface area contributed by atoms with Gasteiger partial charge in [-0.2, -0.15) is 0 Å². The van der Waals surface area contributed by atoms with Crippen LogP contribution in [-0.2, 0) is 19.1 Å². The molecule has 2 aliphatic rings. The summed E-state index contributed by atoms with van der Waals surface area (Å²) < 4.78 is 27.9. The van der Waals surface area contributed by atoms with Gasteiger partial charge in [-0.05, 0) is 69.9 Å². The predicted molar refractivity (Wildman–Crippen MR) is 138 cm³/mol. The Bertz CT molecular complexity index is 1220. The largest absolute Gasteiger partial charge is 0.493 e. The van der Waals surface area contributed by atoms with Gasteiger partial charge < -0.3 is 28.7 Å². The van der Waals surface area contributed by atoms with Crippen molar-refractivity contribution in [2.45, 2.75) is 52.4 Å². The molecular weight excluding hydrogens is 474 g/mol. The van der Waals surface area contributed by atoms with Crippen molar-refractivity contribution in [1.82, 2.24) is 5.32 Å². The molecule has 0 amide bonds. The van der Waals surface area contributed by atoms with Gasteiger partial charge in [0, 0.05) is 30.0 Å². The van der Waals surface area contributed by atoms with Crippen LogP contribution in [0.5, 0.6) is 11.5 Å². The van der Waals surface area contributed by atoms with Crippen LogP contribution >= 0.6 is 0 Å². The lowest BCUT2D eigenvalue weighted by molar-refractivity contribution is -0.141. The molecule has 0 bridgehead atoms. The molecule has 0 spiro atoms. The molecule has 1 N–H and O–H groups in total. The SMILES string of the molecule is CCOCCOC(=O)C1=C(C)NC2=C(C(=O)C[C@@H](c3ccc(OCC)c(OC)c3)C2)[C@@H]1c1ccc(C)o1. The Labute approximate surface area is 217 Å². The first-order chi connectivity index (χ1) is 17.9. The van der Waals surface area contributed by atoms with E-state index in [-0.39, 0.29) is 18.3 Å². The molecule has 2 heterocycles. The first kappa shape index (κ1) is 26.5. The number of carbonyl (C=O) groups is 2. The van der Waals surface area contributed by atoms with E-state index < -0.39 is 11.9 Å². The highest BCUT2D eigenvalue weighted by molar-refractivity contribution is 6.04. The van der Waals surface area contributed by atoms with Crippen LogP contribution in [0.2, 0.25) is 0 Å². The standard InChI is InChI=1S/C29H35NO7/c1-6-34-12-13-36-29(32)26-18(4)30-21-14-20(19-9-11-23(35-7-2)25(16-19)33-5)15-22(31)27(21)28(26)24-10-8-17(3)37-24/h8-11,16,20,28,30H,6-7,12-15H2,1-5H3/t20-,28+/m0/s1. The van der Waals surface area contributed by atoms with Gasteiger partial charge in [-0.15, -0.1) is 0 Å². The summed E-state index contributed by atoms with van der Waals surface area (Å²) >= 11 is 0. The molecule has 0 fully saturated rings. The molecule has 0 unspecified atom stereocenters. The maximum Gasteiger partial charge on any atom is 0.336 e. The molecule has 2 aromatic rings. The predicted octanol–water partition coefficient (Wildman–Crippen LogP) is 4.94. The second-order valence-corrected chi connectivity index (χ2v) is 9.14. The average molecular weight is 510 g/mol. The Morgan fingerprint density at radius 3 is 2.54 bits per heavy atom. The lowest BCUT2D eigenvalue weighted by Crippen LogP contribution is -2.36. The molecule has 1 aromatic heterocycles. The van der Waals surface area contributed by atoms with Crippen molar-refractivity contribution >= 4 is 11.8 Å². The summed E-state index contributed by atoms with van der Waals surface area (Å²) in [5.74, 6) is 1.38. The fourth-order valence-electron chi connectivity index (χ4n) is 5.07. The lowest BCUT2D eigenvalue weighted by atomic mass is 9.73. The van der Waals surface area contributed by atoms with Gasteiger partial charge in [0.05, 0.1) is 31.8 Å². The number of esters is 1. The van der Waals surface area contributed by atoms with Crippen molar-refractivity contribution in [3.8, 4) is 11.5 Å². The van der Waals surface area contributed by atoms with E-state index in [1.165, 1.54) is 0 Å². The van der Waals surface area contributed by atoms with E-state index in [1.807, 2.05) is 58.0 Å². The van der Waals surface area contributed by atoms with Crippen molar-refractivity contribution in [3.05, 3.63) is 70.0 Å². The zero-order chi connectivity index (χ0) is 26.5. The van der Waals surface area contributed by atoms with Gasteiger partial charge in [-0.25, -0.2) is 4.79 Å². The number of dihydropyridines is 1. The minimum absolute atomic E-state index is 0.0298. The van der Waals surface area contributed by atoms with Gasteiger partial charge in [0.15, 0.2) is 17.3 Å². The highest BCUT2D eigenvalue weighted by atomic mass is 16.6. The number of hydrogen-bond donors (Lipinski definition) is 1. The molecule has 0 saturated heterocycles. The number of Topliss-reactive ketones (excluding diaryl/α,β-unsaturated/α-hetero) is 1. The van der Waals surface area contributed by atoms with Gasteiger partial charge >= 0.3 is 5.97 Å². The highest BCUT2D eigenvalue weighted by Gasteiger charge is 2.43. The molecule has 1 aliphatic carbocycles. The van der Waals surface area contributed by atoms with Crippen LogP contribution in [0.3, 0.4) is 0 Å². The molecule has 0 saturated carbocycles. The first-order valence-electron chi connectivity index (χ1n) is 12.7. The summed E-state index contributed by atoms with van der Waals surface area (Å²) in [5, 5.41) is 3.36. The second kappa shape index (κ2) is 11.7. The van der Waals surface area contributed by atoms with E-state index in [9.17, 15) is 9.59 Å². The number of ether oxygens (including phenoxy) is 4. The van der Waals surface area contributed by atoms with E-state index in [0.717, 1.165) is 11.3 Å². The molecular formula is C29H35NO7. The lowest BCUT2D eigenvalue weighted by Gasteiger charge is -2.35. The van der Waals surface area contributed by atoms with Crippen LogP contribution in [0, 0.1) is 6.92 Å². The van der Waals surface area contributed by atoms with Crippen LogP contribution in [-0.4, -0.2) is 45.3 Å². The quantitative estimate of drug-likeness (QED) is 0.356. The van der Waals surface area contributed by atoms with Crippen molar-refractivity contribution in [2.24, 2.45) is 0 Å². The Balaban J connectivity index is 1.67. The zero-order valence-corrected chi connectivity index (χ0v) is 22.1. The first-order valence-corrected chi connectivity index (χ1v) is 12.7. The molecule has 1 aromatic carbocycles. The second-order valence-electron chi connectivity index (χ2n) is 9.14. The number of rotatable bonds is 10. The maximum absolute atomic E-state index is 13.7. The number of benzene rings is 1. The highest BCUT2D eigenvalue weighted by Crippen LogP contribution is 2.46. The minimum atomic E-state index is -0.632. The van der Waals surface area contributed by atoms with Crippen LogP contribution in [0.15, 0.2) is 57.3 Å². The van der Waals surface area contributed by atoms with Crippen molar-refractivity contribution < 1.29 is 33.0 Å². The van der Waals surface area contributed by atoms with Crippen molar-refractivity contribution in [3.63, 3.8) is 0 Å². The number of ketones is 1. The third-order valence-electron chi connectivity index (χ3n) is 6.72. The molecule has 198 valence electrons. The molecule has 1 aliphatic heterocycles. The smallest absolute Gasteiger partial charge is 0.336 e. The van der Waals surface area contributed by atoms with E-state index >= 15 is 0 Å². The normalized spacial score (nSPS) is 19.4. The van der Waals surface area contributed by atoms with Crippen LogP contribution in [0.25, 0.3) is 0 Å². The number of hydrogen-bond acceptors (Lipinski definition) is 8. The van der Waals surface area contributed by atoms with E-state index in [0.29, 0.717) is 72.5 Å². The number of allylic oxidation sites excluding steroid dienone is 3. The van der Waals surface area contributed by atoms with Crippen molar-refractivity contribution in [2.75, 3.05) is 33.5 Å². The van der Waals surface area contributed by atoms with Crippen LogP contribution in [0.4, 0.5) is 0 Å². The Hall–Kier alpha value is -3.52. The van der Waals surface area contributed by atoms with Crippen molar-refractivity contribution in [1.29, 1.82) is 0 Å². The fourth-order valence-corrected chi connectivity index (χ4v) is 5.07. The molecule has 8 nitrogen and oxygen atoms in total. The molecule has 0 radical (unpaired) electrons. The van der Waals surface area contributed by atoms with Gasteiger partial charge in [0.25, 0.3) is 0 Å². The summed E-state index contributed by atoms with van der Waals surface area (Å²) in [4.78, 5) is 26.9. The summed E-state index contributed by atoms with van der Waals surface area (Å²) in [6.07, 6.45) is 0.915. The molecule has 4 rings (SSSR count). The Kier molecular flexibility index (Phi) is 8.38. The zero-order valence-electron chi connectivity index (χ0n) is 22.1. The number of nitrogens with one attached hydrogen (secondary N) is 1. The number of methoxy groups -OCH3 is 1. The van der Waals surface area contributed by atoms with Crippen LogP contribution in [0.1, 0.15) is 62.5 Å². The van der Waals surface area contributed by atoms with Crippen LogP contribution < -0.4 is 14.8 Å². The van der Waals surface area contributed by atoms with Gasteiger partial charge in [0.2, 0.25) is 0 Å². The van der Waals surface area contributed by atoms with E-state index in [2.05, 4.69) is 5.32 Å². The fraction of sp³-hybridized carbons (Fsp3) is 0.448. The number of aryl methyl sites for hydroxylation is 1. The average Bonchev–Trinajstić information content (AvgIpc) is 3.31. The third kappa shape index (κ3) is 5.59. The summed E-state index contributed by atoms with van der Waals surface area (Å²) in [5.41, 5.74) is 3.40. The third-order valence-corrected chi connectivity index (χ3v) is 6.72. The van der Waals surface area contributed by atoms with Gasteiger partial charge in [0.1, 0.15) is 18.1 Å². The number of carbonyl (C=O) groups excluding carboxylic acids is 2. The van der Waals surface area contributed by atoms with E-state index in [4.69, 9.17) is 23.4 Å². The monoisotopic (exact) mass is 509 g/mol. The summed E-state index contributed by atoms with van der Waals surface area (Å²) in [6.45, 7) is 9.00. The maximum atomic E-state index is 13.7. The Morgan fingerprint density at radius 2 is 1.86 bits per heavy atom. The minimum Gasteiger partial charge on any atom is -0.493 e. The van der Waals surface area contributed by atoms with E-state index in [1.54, 1.807) is 7.11 Å². The van der Waals surface area contributed by atoms with Gasteiger partial charge in [-0.3, -0.25) is 4.79 Å². The topological polar surface area (TPSA) is 96.2 Å². The molecule has 2 atom stereocenters. The molecule has 8 heteroatoms. The summed E-state index contributed by atoms with van der Waals surface area (Å²) in [7, 11) is 1.61. The van der Waals surface area contributed by atoms with Gasteiger partial charge in [-0.1, -0.05) is 6.07 Å².